The molecule has 0 aromatic heterocycles. The molecule has 2 aromatic rings. The summed E-state index contributed by atoms with van der Waals surface area (Å²) in [5.41, 5.74) is 13.3. The van der Waals surface area contributed by atoms with Crippen LogP contribution in [-0.2, 0) is 0 Å². The average Bonchev–Trinajstić information content (AvgIpc) is 2.71. The normalized spacial score (nSPS) is 15.4. The number of aryl methyl sites for hydroxylation is 6. The highest BCUT2D eigenvalue weighted by Crippen LogP contribution is 2.65. The molecule has 2 aromatic carbocycles. The first-order valence-corrected chi connectivity index (χ1v) is 12.3. The molecule has 0 atom stereocenters. The molecule has 1 aliphatic heterocycles. The standard InChI is InChI=1S/C22H28BrN2P/c1-13-9-15(3)21(16(4)10-13)24-19(7)20(8)25(26(24)23)22-17(5)11-14(2)12-18(22)6/h9-12H,1-8H3. The Labute approximate surface area is 167 Å². The van der Waals surface area contributed by atoms with Crippen molar-refractivity contribution in [3.63, 3.8) is 0 Å². The van der Waals surface area contributed by atoms with Gasteiger partial charge in [-0.2, -0.15) is 0 Å². The molecule has 0 spiro atoms. The summed E-state index contributed by atoms with van der Waals surface area (Å²) in [5.74, 6) is 0. The molecule has 2 nitrogen and oxygen atoms in total. The van der Waals surface area contributed by atoms with Crippen molar-refractivity contribution >= 4 is 33.8 Å². The third kappa shape index (κ3) is 3.10. The lowest BCUT2D eigenvalue weighted by atomic mass is 10.0. The van der Waals surface area contributed by atoms with Crippen LogP contribution in [-0.4, -0.2) is 0 Å². The lowest BCUT2D eigenvalue weighted by Gasteiger charge is -2.33. The molecule has 26 heavy (non-hydrogen) atoms. The van der Waals surface area contributed by atoms with Crippen LogP contribution < -0.4 is 9.34 Å². The molecule has 0 saturated carbocycles. The highest BCUT2D eigenvalue weighted by molar-refractivity contribution is 9.39. The van der Waals surface area contributed by atoms with E-state index < -0.39 is 6.93 Å². The van der Waals surface area contributed by atoms with Gasteiger partial charge < -0.3 is 0 Å². The molecule has 0 amide bonds. The van der Waals surface area contributed by atoms with Crippen molar-refractivity contribution in [2.45, 2.75) is 55.4 Å². The van der Waals surface area contributed by atoms with Crippen LogP contribution in [0.5, 0.6) is 0 Å². The number of hydrogen-bond donors (Lipinski definition) is 0. The second-order valence-electron chi connectivity index (χ2n) is 7.53. The Kier molecular flexibility index (Phi) is 5.25. The number of rotatable bonds is 2. The molecule has 0 N–H and O–H groups in total. The quantitative estimate of drug-likeness (QED) is 0.449. The summed E-state index contributed by atoms with van der Waals surface area (Å²) >= 11 is 4.07. The highest BCUT2D eigenvalue weighted by Gasteiger charge is 2.37. The molecule has 0 bridgehead atoms. The van der Waals surface area contributed by atoms with Gasteiger partial charge in [-0.15, -0.1) is 0 Å². The highest BCUT2D eigenvalue weighted by atomic mass is 79.9. The summed E-state index contributed by atoms with van der Waals surface area (Å²) in [6, 6.07) is 9.14. The fraction of sp³-hybridized carbons (Fsp3) is 0.364. The smallest absolute Gasteiger partial charge is 0.178 e. The summed E-state index contributed by atoms with van der Waals surface area (Å²) < 4.78 is 4.99. The van der Waals surface area contributed by atoms with E-state index in [1.165, 1.54) is 56.1 Å². The summed E-state index contributed by atoms with van der Waals surface area (Å²) in [4.78, 5) is 0. The van der Waals surface area contributed by atoms with Crippen LogP contribution in [0, 0.1) is 41.5 Å². The molecular formula is C22H28BrN2P. The number of benzene rings is 2. The van der Waals surface area contributed by atoms with Crippen molar-refractivity contribution < 1.29 is 0 Å². The van der Waals surface area contributed by atoms with Gasteiger partial charge in [-0.1, -0.05) is 35.4 Å². The van der Waals surface area contributed by atoms with Gasteiger partial charge in [0.05, 0.1) is 11.4 Å². The monoisotopic (exact) mass is 430 g/mol. The maximum absolute atomic E-state index is 4.07. The molecule has 0 saturated heterocycles. The van der Waals surface area contributed by atoms with Gasteiger partial charge in [0.15, 0.2) is 6.93 Å². The van der Waals surface area contributed by atoms with Crippen molar-refractivity contribution in [1.82, 2.24) is 0 Å². The van der Waals surface area contributed by atoms with Crippen LogP contribution in [0.25, 0.3) is 0 Å². The average molecular weight is 431 g/mol. The third-order valence-electron chi connectivity index (χ3n) is 5.18. The van der Waals surface area contributed by atoms with Crippen LogP contribution in [0.15, 0.2) is 35.7 Å². The number of halogens is 1. The summed E-state index contributed by atoms with van der Waals surface area (Å²) in [6.45, 7) is 17.0. The van der Waals surface area contributed by atoms with E-state index in [0.29, 0.717) is 0 Å². The zero-order valence-electron chi connectivity index (χ0n) is 17.0. The Morgan fingerprint density at radius 3 is 1.12 bits per heavy atom. The minimum Gasteiger partial charge on any atom is -0.295 e. The van der Waals surface area contributed by atoms with Gasteiger partial charge >= 0.3 is 0 Å². The van der Waals surface area contributed by atoms with Crippen molar-refractivity contribution in [2.75, 3.05) is 9.34 Å². The summed E-state index contributed by atoms with van der Waals surface area (Å²) in [6.07, 6.45) is 0. The molecule has 4 heteroatoms. The van der Waals surface area contributed by atoms with Crippen molar-refractivity contribution in [1.29, 1.82) is 0 Å². The van der Waals surface area contributed by atoms with Gasteiger partial charge in [0, 0.05) is 11.4 Å². The van der Waals surface area contributed by atoms with E-state index >= 15 is 0 Å². The van der Waals surface area contributed by atoms with Gasteiger partial charge in [0.1, 0.15) is 0 Å². The molecule has 1 heterocycles. The maximum atomic E-state index is 4.07. The van der Waals surface area contributed by atoms with Crippen molar-refractivity contribution in [3.8, 4) is 0 Å². The SMILES string of the molecule is CC1=C(C)N(c2c(C)cc(C)cc2C)P(Br)N1c1c(C)cc(C)cc1C. The largest absolute Gasteiger partial charge is 0.295 e. The Morgan fingerprint density at radius 1 is 0.577 bits per heavy atom. The second-order valence-corrected chi connectivity index (χ2v) is 10.7. The van der Waals surface area contributed by atoms with Crippen LogP contribution in [0.3, 0.4) is 0 Å². The number of anilines is 2. The van der Waals surface area contributed by atoms with Gasteiger partial charge in [0.2, 0.25) is 0 Å². The second kappa shape index (κ2) is 7.02. The minimum atomic E-state index is -0.702. The van der Waals surface area contributed by atoms with E-state index in [4.69, 9.17) is 0 Å². The molecule has 1 aliphatic rings. The van der Waals surface area contributed by atoms with E-state index in [9.17, 15) is 0 Å². The van der Waals surface area contributed by atoms with Crippen molar-refractivity contribution in [2.24, 2.45) is 0 Å². The van der Waals surface area contributed by atoms with Crippen molar-refractivity contribution in [3.05, 3.63) is 69.0 Å². The van der Waals surface area contributed by atoms with Gasteiger partial charge in [-0.3, -0.25) is 9.34 Å². The van der Waals surface area contributed by atoms with Gasteiger partial charge in [-0.25, -0.2) is 0 Å². The first-order valence-electron chi connectivity index (χ1n) is 9.02. The Morgan fingerprint density at radius 2 is 0.846 bits per heavy atom. The predicted octanol–water partition coefficient (Wildman–Crippen LogP) is 7.74. The van der Waals surface area contributed by atoms with E-state index in [1.807, 2.05) is 0 Å². The molecule has 0 fully saturated rings. The lowest BCUT2D eigenvalue weighted by Crippen LogP contribution is -2.16. The first kappa shape index (κ1) is 19.5. The fourth-order valence-electron chi connectivity index (χ4n) is 4.16. The van der Waals surface area contributed by atoms with E-state index in [2.05, 4.69) is 104 Å². The summed E-state index contributed by atoms with van der Waals surface area (Å²) in [7, 11) is 0. The third-order valence-corrected chi connectivity index (χ3v) is 8.75. The van der Waals surface area contributed by atoms with Crippen LogP contribution in [0.1, 0.15) is 47.2 Å². The molecule has 3 rings (SSSR count). The molecule has 138 valence electrons. The van der Waals surface area contributed by atoms with Crippen LogP contribution >= 0.6 is 22.4 Å². The van der Waals surface area contributed by atoms with E-state index in [-0.39, 0.29) is 0 Å². The topological polar surface area (TPSA) is 6.48 Å². The first-order chi connectivity index (χ1) is 12.1. The molecule has 0 unspecified atom stereocenters. The van der Waals surface area contributed by atoms with Crippen LogP contribution in [0.4, 0.5) is 11.4 Å². The Bertz CT molecular complexity index is 797. The maximum Gasteiger partial charge on any atom is 0.178 e. The zero-order valence-corrected chi connectivity index (χ0v) is 19.5. The fourth-order valence-corrected chi connectivity index (χ4v) is 8.46. The molecule has 0 radical (unpaired) electrons. The van der Waals surface area contributed by atoms with E-state index in [0.717, 1.165) is 0 Å². The summed E-state index contributed by atoms with van der Waals surface area (Å²) in [5, 5.41) is 0. The zero-order chi connectivity index (χ0) is 19.3. The Balaban J connectivity index is 2.16. The van der Waals surface area contributed by atoms with Gasteiger partial charge in [-0.05, 0) is 93.1 Å². The number of nitrogens with zero attached hydrogens (tertiary/aromatic N) is 2. The Hall–Kier alpha value is -1.31. The lowest BCUT2D eigenvalue weighted by molar-refractivity contribution is 1.15. The number of hydrogen-bond acceptors (Lipinski definition) is 2. The molecular weight excluding hydrogens is 403 g/mol. The molecule has 0 aliphatic carbocycles. The minimum absolute atomic E-state index is 0.702. The van der Waals surface area contributed by atoms with E-state index in [1.54, 1.807) is 0 Å². The predicted molar refractivity (Wildman–Crippen MR) is 120 cm³/mol. The van der Waals surface area contributed by atoms with Crippen LogP contribution in [0.2, 0.25) is 0 Å². The number of allylic oxidation sites excluding steroid dienone is 2. The van der Waals surface area contributed by atoms with Gasteiger partial charge in [0.25, 0.3) is 0 Å².